The molecule has 1 aromatic carbocycles. The average Bonchev–Trinajstić information content (AvgIpc) is 2.51. The second kappa shape index (κ2) is 8.97. The summed E-state index contributed by atoms with van der Waals surface area (Å²) in [4.78, 5) is 2.62. The van der Waals surface area contributed by atoms with Gasteiger partial charge >= 0.3 is 5.51 Å². The minimum atomic E-state index is -4.22. The molecule has 0 saturated carbocycles. The molecule has 0 N–H and O–H groups in total. The second-order valence-corrected chi connectivity index (χ2v) is 7.27. The Bertz CT molecular complexity index is 466. The minimum absolute atomic E-state index is 0.0382. The summed E-state index contributed by atoms with van der Waals surface area (Å²) in [6.07, 6.45) is 3.53. The first-order valence-electron chi connectivity index (χ1n) is 8.37. The van der Waals surface area contributed by atoms with Gasteiger partial charge in [-0.1, -0.05) is 46.2 Å². The molecule has 5 heteroatoms. The highest BCUT2D eigenvalue weighted by Gasteiger charge is 2.30. The van der Waals surface area contributed by atoms with Gasteiger partial charge in [0.05, 0.1) is 0 Å². The number of nitrogens with zero attached hydrogens (tertiary/aromatic N) is 1. The van der Waals surface area contributed by atoms with E-state index < -0.39 is 5.51 Å². The van der Waals surface area contributed by atoms with Gasteiger partial charge in [0.15, 0.2) is 0 Å². The zero-order valence-corrected chi connectivity index (χ0v) is 15.4. The molecule has 2 rings (SSSR count). The Labute approximate surface area is 142 Å². The SMILES string of the molecule is CC.CCC1(C)CCN(Cc2cccc(SC(F)(F)F)c2)CC1. The van der Waals surface area contributed by atoms with Crippen LogP contribution in [0.5, 0.6) is 0 Å². The van der Waals surface area contributed by atoms with Crippen molar-refractivity contribution in [3.63, 3.8) is 0 Å². The van der Waals surface area contributed by atoms with Gasteiger partial charge in [0.25, 0.3) is 0 Å². The number of hydrogen-bond donors (Lipinski definition) is 0. The van der Waals surface area contributed by atoms with Gasteiger partial charge in [0.2, 0.25) is 0 Å². The van der Waals surface area contributed by atoms with E-state index in [0.717, 1.165) is 25.2 Å². The lowest BCUT2D eigenvalue weighted by molar-refractivity contribution is -0.0328. The van der Waals surface area contributed by atoms with Crippen LogP contribution in [-0.2, 0) is 6.54 Å². The number of likely N-dealkylation sites (tertiary alicyclic amines) is 1. The fourth-order valence-electron chi connectivity index (χ4n) is 2.70. The maximum absolute atomic E-state index is 12.4. The molecular weight excluding hydrogens is 319 g/mol. The molecule has 132 valence electrons. The number of rotatable bonds is 4. The molecule has 1 fully saturated rings. The molecule has 1 aliphatic rings. The van der Waals surface area contributed by atoms with Gasteiger partial charge in [0.1, 0.15) is 0 Å². The van der Waals surface area contributed by atoms with Crippen LogP contribution in [0.15, 0.2) is 29.2 Å². The van der Waals surface area contributed by atoms with Gasteiger partial charge in [-0.15, -0.1) is 0 Å². The van der Waals surface area contributed by atoms with E-state index in [2.05, 4.69) is 18.7 Å². The quantitative estimate of drug-likeness (QED) is 0.585. The molecule has 0 spiro atoms. The summed E-state index contributed by atoms with van der Waals surface area (Å²) >= 11 is -0.0382. The molecule has 0 unspecified atom stereocenters. The van der Waals surface area contributed by atoms with Crippen LogP contribution < -0.4 is 0 Å². The molecule has 1 nitrogen and oxygen atoms in total. The molecule has 0 atom stereocenters. The molecule has 0 amide bonds. The predicted octanol–water partition coefficient (Wildman–Crippen LogP) is 6.34. The zero-order valence-electron chi connectivity index (χ0n) is 14.5. The molecule has 1 heterocycles. The lowest BCUT2D eigenvalue weighted by Crippen LogP contribution is -2.37. The van der Waals surface area contributed by atoms with Gasteiger partial charge in [-0.05, 0) is 60.8 Å². The molecule has 0 aliphatic carbocycles. The van der Waals surface area contributed by atoms with Crippen LogP contribution in [0.4, 0.5) is 13.2 Å². The maximum atomic E-state index is 12.4. The number of benzene rings is 1. The number of hydrogen-bond acceptors (Lipinski definition) is 2. The van der Waals surface area contributed by atoms with Crippen LogP contribution in [0.3, 0.4) is 0 Å². The second-order valence-electron chi connectivity index (χ2n) is 6.14. The lowest BCUT2D eigenvalue weighted by atomic mass is 9.78. The summed E-state index contributed by atoms with van der Waals surface area (Å²) in [6.45, 7) is 11.4. The standard InChI is InChI=1S/C16H22F3NS.C2H6/c1-3-15(2)7-9-20(10-8-15)12-13-5-4-6-14(11-13)21-16(17,18)19;1-2/h4-6,11H,3,7-10,12H2,1-2H3;1-2H3. The van der Waals surface area contributed by atoms with Gasteiger partial charge in [-0.3, -0.25) is 4.90 Å². The Balaban J connectivity index is 0.00000127. The molecule has 1 aliphatic heterocycles. The molecule has 1 saturated heterocycles. The van der Waals surface area contributed by atoms with Crippen LogP contribution in [0.25, 0.3) is 0 Å². The highest BCUT2D eigenvalue weighted by Crippen LogP contribution is 2.37. The Kier molecular flexibility index (Phi) is 7.95. The van der Waals surface area contributed by atoms with E-state index in [-0.39, 0.29) is 16.7 Å². The van der Waals surface area contributed by atoms with E-state index in [1.54, 1.807) is 12.1 Å². The van der Waals surface area contributed by atoms with Crippen molar-refractivity contribution in [1.29, 1.82) is 0 Å². The molecule has 23 heavy (non-hydrogen) atoms. The van der Waals surface area contributed by atoms with Crippen molar-refractivity contribution in [2.24, 2.45) is 5.41 Å². The monoisotopic (exact) mass is 347 g/mol. The van der Waals surface area contributed by atoms with Gasteiger partial charge < -0.3 is 0 Å². The fourth-order valence-corrected chi connectivity index (χ4v) is 3.33. The first-order valence-corrected chi connectivity index (χ1v) is 9.18. The van der Waals surface area contributed by atoms with Crippen LogP contribution in [0.1, 0.15) is 52.5 Å². The third-order valence-electron chi connectivity index (χ3n) is 4.45. The maximum Gasteiger partial charge on any atom is 0.446 e. The number of alkyl halides is 3. The van der Waals surface area contributed by atoms with Gasteiger partial charge in [-0.2, -0.15) is 13.2 Å². The van der Waals surface area contributed by atoms with E-state index >= 15 is 0 Å². The summed E-state index contributed by atoms with van der Waals surface area (Å²) in [5, 5.41) is 0. The van der Waals surface area contributed by atoms with Crippen molar-refractivity contribution in [3.8, 4) is 0 Å². The highest BCUT2D eigenvalue weighted by atomic mass is 32.2. The Hall–Kier alpha value is -0.680. The van der Waals surface area contributed by atoms with E-state index in [0.29, 0.717) is 5.41 Å². The third kappa shape index (κ3) is 7.17. The summed E-state index contributed by atoms with van der Waals surface area (Å²) < 4.78 is 37.2. The molecule has 0 bridgehead atoms. The Morgan fingerprint density at radius 1 is 1.17 bits per heavy atom. The van der Waals surface area contributed by atoms with Crippen LogP contribution in [0.2, 0.25) is 0 Å². The predicted molar refractivity (Wildman–Crippen MR) is 92.6 cm³/mol. The summed E-state index contributed by atoms with van der Waals surface area (Å²) in [7, 11) is 0. The summed E-state index contributed by atoms with van der Waals surface area (Å²) in [6, 6.07) is 6.80. The Morgan fingerprint density at radius 2 is 1.78 bits per heavy atom. The lowest BCUT2D eigenvalue weighted by Gasteiger charge is -2.39. The van der Waals surface area contributed by atoms with E-state index in [4.69, 9.17) is 0 Å². The van der Waals surface area contributed by atoms with Crippen molar-refractivity contribution < 1.29 is 13.2 Å². The van der Waals surface area contributed by atoms with Crippen LogP contribution in [-0.4, -0.2) is 23.5 Å². The largest absolute Gasteiger partial charge is 0.446 e. The minimum Gasteiger partial charge on any atom is -0.299 e. The number of piperidine rings is 1. The molecular formula is C18H28F3NS. The first kappa shape index (κ1) is 20.4. The molecule has 0 radical (unpaired) electrons. The number of thioether (sulfide) groups is 1. The normalized spacial score (nSPS) is 18.2. The van der Waals surface area contributed by atoms with Crippen molar-refractivity contribution in [2.75, 3.05) is 13.1 Å². The fraction of sp³-hybridized carbons (Fsp3) is 0.667. The van der Waals surface area contributed by atoms with E-state index in [9.17, 15) is 13.2 Å². The van der Waals surface area contributed by atoms with E-state index in [1.807, 2.05) is 19.9 Å². The first-order chi connectivity index (χ1) is 10.8. The van der Waals surface area contributed by atoms with Crippen molar-refractivity contribution >= 4 is 11.8 Å². The third-order valence-corrected chi connectivity index (χ3v) is 5.18. The van der Waals surface area contributed by atoms with Crippen LogP contribution in [0, 0.1) is 5.41 Å². The van der Waals surface area contributed by atoms with Crippen molar-refractivity contribution in [3.05, 3.63) is 29.8 Å². The van der Waals surface area contributed by atoms with E-state index in [1.165, 1.54) is 25.3 Å². The highest BCUT2D eigenvalue weighted by molar-refractivity contribution is 8.00. The molecule has 0 aromatic heterocycles. The summed E-state index contributed by atoms with van der Waals surface area (Å²) in [5.74, 6) is 0. The number of halogens is 3. The molecule has 1 aromatic rings. The van der Waals surface area contributed by atoms with Crippen molar-refractivity contribution in [2.45, 2.75) is 63.9 Å². The Morgan fingerprint density at radius 3 is 2.30 bits per heavy atom. The topological polar surface area (TPSA) is 3.24 Å². The van der Waals surface area contributed by atoms with Crippen LogP contribution >= 0.6 is 11.8 Å². The zero-order chi connectivity index (χ0) is 17.5. The smallest absolute Gasteiger partial charge is 0.299 e. The van der Waals surface area contributed by atoms with Gasteiger partial charge in [0, 0.05) is 11.4 Å². The summed E-state index contributed by atoms with van der Waals surface area (Å²) in [5.41, 5.74) is -2.82. The van der Waals surface area contributed by atoms with Crippen molar-refractivity contribution in [1.82, 2.24) is 4.90 Å². The average molecular weight is 347 g/mol. The van der Waals surface area contributed by atoms with Gasteiger partial charge in [-0.25, -0.2) is 0 Å².